The Balaban J connectivity index is 1.65. The Bertz CT molecular complexity index is 1620. The van der Waals surface area contributed by atoms with Crippen LogP contribution in [0.2, 0.25) is 0 Å². The minimum Gasteiger partial charge on any atom is -0.305 e. The van der Waals surface area contributed by atoms with E-state index in [1.165, 1.54) is 23.0 Å². The van der Waals surface area contributed by atoms with E-state index in [1.54, 1.807) is 42.5 Å². The van der Waals surface area contributed by atoms with Crippen LogP contribution in [0.15, 0.2) is 76.6 Å². The largest absolute Gasteiger partial charge is 0.305 e. The van der Waals surface area contributed by atoms with Crippen LogP contribution in [0.25, 0.3) is 10.2 Å². The molecule has 4 rings (SSSR count). The summed E-state index contributed by atoms with van der Waals surface area (Å²) in [6, 6.07) is 19.1. The maximum atomic E-state index is 13.1. The molecule has 0 saturated carbocycles. The molecule has 0 fully saturated rings. The smallest absolute Gasteiger partial charge is 0.279 e. The van der Waals surface area contributed by atoms with Crippen molar-refractivity contribution in [1.29, 1.82) is 0 Å². The highest BCUT2D eigenvalue weighted by molar-refractivity contribution is 7.92. The van der Waals surface area contributed by atoms with Crippen molar-refractivity contribution in [3.05, 3.63) is 88.2 Å². The molecular formula is C28H27N3O3S2. The number of hydrogen-bond acceptors (Lipinski definition) is 4. The van der Waals surface area contributed by atoms with Gasteiger partial charge in [0.25, 0.3) is 15.9 Å². The molecule has 1 amide bonds. The lowest BCUT2D eigenvalue weighted by atomic mass is 10.1. The van der Waals surface area contributed by atoms with Crippen LogP contribution in [0.4, 0.5) is 5.69 Å². The molecule has 0 aliphatic rings. The summed E-state index contributed by atoms with van der Waals surface area (Å²) >= 11 is 1.42. The number of nitrogens with zero attached hydrogens (tertiary/aromatic N) is 2. The highest BCUT2D eigenvalue weighted by Crippen LogP contribution is 2.21. The molecule has 6 nitrogen and oxygen atoms in total. The number of aryl methyl sites for hydroxylation is 2. The average Bonchev–Trinajstić information content (AvgIpc) is 3.19. The number of nitrogens with one attached hydrogen (secondary N) is 1. The van der Waals surface area contributed by atoms with Crippen molar-refractivity contribution in [3.63, 3.8) is 0 Å². The van der Waals surface area contributed by atoms with Gasteiger partial charge in [0.05, 0.1) is 21.7 Å². The van der Waals surface area contributed by atoms with E-state index >= 15 is 0 Å². The van der Waals surface area contributed by atoms with E-state index in [1.807, 2.05) is 17.6 Å². The van der Waals surface area contributed by atoms with E-state index in [4.69, 9.17) is 6.42 Å². The fourth-order valence-electron chi connectivity index (χ4n) is 3.78. The normalized spacial score (nSPS) is 12.0. The molecular weight excluding hydrogens is 490 g/mol. The van der Waals surface area contributed by atoms with Crippen LogP contribution < -0.4 is 9.52 Å². The lowest BCUT2D eigenvalue weighted by molar-refractivity contribution is 0.0998. The van der Waals surface area contributed by atoms with Gasteiger partial charge in [-0.25, -0.2) is 8.42 Å². The summed E-state index contributed by atoms with van der Waals surface area (Å²) < 4.78 is 30.9. The molecule has 8 heteroatoms. The van der Waals surface area contributed by atoms with Gasteiger partial charge in [0.2, 0.25) is 0 Å². The van der Waals surface area contributed by atoms with Gasteiger partial charge in [-0.1, -0.05) is 60.4 Å². The topological polar surface area (TPSA) is 80.5 Å². The zero-order valence-corrected chi connectivity index (χ0v) is 21.8. The Morgan fingerprint density at radius 2 is 1.89 bits per heavy atom. The molecule has 0 unspecified atom stereocenters. The molecule has 0 saturated heterocycles. The number of anilines is 1. The number of fused-ring (bicyclic) bond motifs is 1. The molecule has 0 aliphatic carbocycles. The predicted molar refractivity (Wildman–Crippen MR) is 146 cm³/mol. The summed E-state index contributed by atoms with van der Waals surface area (Å²) in [5, 5.41) is 0. The number of unbranched alkanes of at least 4 members (excludes halogenated alkanes) is 1. The number of carbonyl (C=O) groups is 1. The van der Waals surface area contributed by atoms with Crippen LogP contribution in [0.5, 0.6) is 0 Å². The number of carbonyl (C=O) groups excluding carboxylic acids is 1. The number of hydrogen-bond donors (Lipinski definition) is 1. The van der Waals surface area contributed by atoms with Gasteiger partial charge in [-0.15, -0.1) is 6.42 Å². The Hall–Kier alpha value is -3.67. The van der Waals surface area contributed by atoms with Gasteiger partial charge < -0.3 is 4.57 Å². The van der Waals surface area contributed by atoms with E-state index in [0.29, 0.717) is 4.80 Å². The molecule has 184 valence electrons. The van der Waals surface area contributed by atoms with Gasteiger partial charge in [-0.05, 0) is 67.8 Å². The number of thiazole rings is 1. The van der Waals surface area contributed by atoms with Crippen molar-refractivity contribution in [2.45, 2.75) is 44.6 Å². The third-order valence-corrected chi connectivity index (χ3v) is 8.14. The summed E-state index contributed by atoms with van der Waals surface area (Å²) in [4.78, 5) is 18.1. The van der Waals surface area contributed by atoms with Crippen LogP contribution in [0.1, 0.15) is 41.3 Å². The van der Waals surface area contributed by atoms with Crippen molar-refractivity contribution in [1.82, 2.24) is 4.57 Å². The van der Waals surface area contributed by atoms with Crippen molar-refractivity contribution in [2.75, 3.05) is 4.72 Å². The lowest BCUT2D eigenvalue weighted by Gasteiger charge is -2.09. The van der Waals surface area contributed by atoms with Gasteiger partial charge in [-0.3, -0.25) is 9.52 Å². The first-order chi connectivity index (χ1) is 17.3. The fraction of sp³-hybridized carbons (Fsp3) is 0.214. The summed E-state index contributed by atoms with van der Waals surface area (Å²) in [6.45, 7) is 4.34. The summed E-state index contributed by atoms with van der Waals surface area (Å²) in [5.41, 5.74) is 3.69. The summed E-state index contributed by atoms with van der Waals surface area (Å²) in [5.74, 6) is 2.16. The average molecular weight is 518 g/mol. The van der Waals surface area contributed by atoms with Crippen LogP contribution in [-0.4, -0.2) is 18.9 Å². The highest BCUT2D eigenvalue weighted by Gasteiger charge is 2.15. The maximum absolute atomic E-state index is 13.1. The molecule has 1 N–H and O–H groups in total. The van der Waals surface area contributed by atoms with Crippen molar-refractivity contribution in [3.8, 4) is 12.3 Å². The number of amides is 1. The van der Waals surface area contributed by atoms with Crippen molar-refractivity contribution < 1.29 is 13.2 Å². The molecule has 36 heavy (non-hydrogen) atoms. The van der Waals surface area contributed by atoms with Gasteiger partial charge in [0.1, 0.15) is 0 Å². The monoisotopic (exact) mass is 517 g/mol. The second-order valence-electron chi connectivity index (χ2n) is 8.50. The molecule has 0 bridgehead atoms. The van der Waals surface area contributed by atoms with E-state index in [-0.39, 0.29) is 22.7 Å². The number of sulfonamides is 1. The molecule has 0 spiro atoms. The Morgan fingerprint density at radius 3 is 2.61 bits per heavy atom. The van der Waals surface area contributed by atoms with Gasteiger partial charge in [-0.2, -0.15) is 4.99 Å². The van der Waals surface area contributed by atoms with Crippen LogP contribution in [-0.2, 0) is 23.0 Å². The minimum absolute atomic E-state index is 0.147. The summed E-state index contributed by atoms with van der Waals surface area (Å²) in [6.07, 6.45) is 8.82. The zero-order chi connectivity index (χ0) is 25.7. The SMILES string of the molecule is C#CCn1c(=NC(=O)c2cccc(NS(=O)(=O)c3ccc(C)cc3)c2)sc2cc(CCCC)ccc21. The number of rotatable bonds is 8. The molecule has 0 aliphatic heterocycles. The molecule has 0 atom stereocenters. The first-order valence-electron chi connectivity index (χ1n) is 11.6. The zero-order valence-electron chi connectivity index (χ0n) is 20.2. The van der Waals surface area contributed by atoms with Gasteiger partial charge in [0.15, 0.2) is 4.80 Å². The van der Waals surface area contributed by atoms with Crippen LogP contribution in [0.3, 0.4) is 0 Å². The van der Waals surface area contributed by atoms with Crippen LogP contribution >= 0.6 is 11.3 Å². The Morgan fingerprint density at radius 1 is 1.11 bits per heavy atom. The lowest BCUT2D eigenvalue weighted by Crippen LogP contribution is -2.17. The van der Waals surface area contributed by atoms with E-state index in [9.17, 15) is 13.2 Å². The number of aromatic nitrogens is 1. The quantitative estimate of drug-likeness (QED) is 0.312. The molecule has 1 heterocycles. The van der Waals surface area contributed by atoms with Gasteiger partial charge >= 0.3 is 0 Å². The summed E-state index contributed by atoms with van der Waals surface area (Å²) in [7, 11) is -3.79. The Kier molecular flexibility index (Phi) is 7.73. The molecule has 1 aromatic heterocycles. The minimum atomic E-state index is -3.79. The second-order valence-corrected chi connectivity index (χ2v) is 11.2. The maximum Gasteiger partial charge on any atom is 0.279 e. The number of terminal acetylenes is 1. The van der Waals surface area contributed by atoms with Gasteiger partial charge in [0, 0.05) is 11.3 Å². The first-order valence-corrected chi connectivity index (χ1v) is 13.9. The molecule has 0 radical (unpaired) electrons. The first kappa shape index (κ1) is 25.4. The van der Waals surface area contributed by atoms with E-state index in [0.717, 1.165) is 35.0 Å². The standard InChI is InChI=1S/C28H27N3O3S2/c1-4-6-8-21-13-16-25-26(18-21)35-28(31(25)17-5-2)29-27(32)22-9-7-10-23(19-22)30-36(33,34)24-14-11-20(3)12-15-24/h2,7,9-16,18-19,30H,4,6,8,17H2,1,3H3. The highest BCUT2D eigenvalue weighted by atomic mass is 32.2. The second kappa shape index (κ2) is 10.9. The Labute approximate surface area is 215 Å². The third kappa shape index (κ3) is 5.76. The fourth-order valence-corrected chi connectivity index (χ4v) is 5.92. The number of benzene rings is 3. The molecule has 3 aromatic carbocycles. The van der Waals surface area contributed by atoms with E-state index < -0.39 is 15.9 Å². The van der Waals surface area contributed by atoms with Crippen molar-refractivity contribution in [2.24, 2.45) is 4.99 Å². The van der Waals surface area contributed by atoms with E-state index in [2.05, 4.69) is 34.7 Å². The third-order valence-electron chi connectivity index (χ3n) is 5.71. The predicted octanol–water partition coefficient (Wildman–Crippen LogP) is 5.53. The van der Waals surface area contributed by atoms with Crippen molar-refractivity contribution >= 4 is 43.2 Å². The van der Waals surface area contributed by atoms with Crippen LogP contribution in [0, 0.1) is 19.3 Å². The molecule has 4 aromatic rings.